The number of nitrogens with one attached hydrogen (secondary N) is 1. The van der Waals surface area contributed by atoms with E-state index >= 15 is 0 Å². The van der Waals surface area contributed by atoms with Crippen molar-refractivity contribution in [2.45, 2.75) is 40.3 Å². The number of pyridine rings is 2. The normalized spacial score (nSPS) is 11.4. The number of carbonyl (C=O) groups excluding carboxylic acids is 1. The SMILES string of the molecule is CCn1cc(NC(=O)c2cc(-c3ccc(C)s3)nc3c2cnn3C(C)C)ccc1=O. The highest BCUT2D eigenvalue weighted by Gasteiger charge is 2.19. The molecule has 0 aliphatic rings. The second-order valence-corrected chi connectivity index (χ2v) is 8.67. The molecule has 8 heteroatoms. The Morgan fingerprint density at radius 1 is 1.23 bits per heavy atom. The number of amides is 1. The zero-order valence-electron chi connectivity index (χ0n) is 17.3. The summed E-state index contributed by atoms with van der Waals surface area (Å²) in [6.07, 6.45) is 3.34. The zero-order chi connectivity index (χ0) is 21.4. The van der Waals surface area contributed by atoms with Gasteiger partial charge in [-0.1, -0.05) is 0 Å². The Morgan fingerprint density at radius 3 is 2.70 bits per heavy atom. The molecule has 7 nitrogen and oxygen atoms in total. The molecule has 0 bridgehead atoms. The van der Waals surface area contributed by atoms with Gasteiger partial charge in [0.1, 0.15) is 0 Å². The van der Waals surface area contributed by atoms with Gasteiger partial charge in [0.2, 0.25) is 0 Å². The number of rotatable bonds is 5. The van der Waals surface area contributed by atoms with E-state index in [1.807, 2.05) is 50.6 Å². The third-order valence-corrected chi connectivity index (χ3v) is 5.90. The molecule has 4 heterocycles. The second-order valence-electron chi connectivity index (χ2n) is 7.38. The first-order valence-electron chi connectivity index (χ1n) is 9.84. The van der Waals surface area contributed by atoms with Crippen LogP contribution in [-0.4, -0.2) is 25.2 Å². The lowest BCUT2D eigenvalue weighted by atomic mass is 10.1. The fraction of sp³-hybridized carbons (Fsp3) is 0.273. The van der Waals surface area contributed by atoms with Crippen LogP contribution in [0.4, 0.5) is 5.69 Å². The number of aromatic nitrogens is 4. The summed E-state index contributed by atoms with van der Waals surface area (Å²) < 4.78 is 3.38. The van der Waals surface area contributed by atoms with Gasteiger partial charge in [0.05, 0.1) is 33.4 Å². The second kappa shape index (κ2) is 7.87. The molecule has 0 saturated carbocycles. The number of fused-ring (bicyclic) bond motifs is 1. The first kappa shape index (κ1) is 20.0. The summed E-state index contributed by atoms with van der Waals surface area (Å²) in [5.41, 5.74) is 2.39. The molecular weight excluding hydrogens is 398 g/mol. The maximum atomic E-state index is 13.2. The third-order valence-electron chi connectivity index (χ3n) is 4.88. The van der Waals surface area contributed by atoms with Crippen LogP contribution in [-0.2, 0) is 6.54 Å². The molecular formula is C22H23N5O2S. The van der Waals surface area contributed by atoms with Crippen molar-refractivity contribution < 1.29 is 4.79 Å². The van der Waals surface area contributed by atoms with Crippen LogP contribution >= 0.6 is 11.3 Å². The van der Waals surface area contributed by atoms with Crippen molar-refractivity contribution in [1.82, 2.24) is 19.3 Å². The van der Waals surface area contributed by atoms with Crippen molar-refractivity contribution >= 4 is 34.0 Å². The highest BCUT2D eigenvalue weighted by molar-refractivity contribution is 7.15. The monoisotopic (exact) mass is 421 g/mol. The Labute approximate surface area is 178 Å². The van der Waals surface area contributed by atoms with Crippen LogP contribution in [0.15, 0.2) is 47.5 Å². The van der Waals surface area contributed by atoms with Crippen molar-refractivity contribution in [2.75, 3.05) is 5.32 Å². The summed E-state index contributed by atoms with van der Waals surface area (Å²) in [4.78, 5) is 32.0. The predicted octanol–water partition coefficient (Wildman–Crippen LogP) is 4.48. The molecule has 154 valence electrons. The molecule has 0 radical (unpaired) electrons. The van der Waals surface area contributed by atoms with Crippen LogP contribution in [0, 0.1) is 6.92 Å². The van der Waals surface area contributed by atoms with E-state index < -0.39 is 0 Å². The van der Waals surface area contributed by atoms with E-state index in [1.54, 1.807) is 34.4 Å². The molecule has 4 aromatic rings. The molecule has 1 amide bonds. The Morgan fingerprint density at radius 2 is 2.03 bits per heavy atom. The summed E-state index contributed by atoms with van der Waals surface area (Å²) >= 11 is 1.64. The van der Waals surface area contributed by atoms with Gasteiger partial charge in [-0.05, 0) is 52.0 Å². The molecule has 30 heavy (non-hydrogen) atoms. The van der Waals surface area contributed by atoms with E-state index in [2.05, 4.69) is 10.4 Å². The largest absolute Gasteiger partial charge is 0.321 e. The average molecular weight is 422 g/mol. The van der Waals surface area contributed by atoms with Crippen molar-refractivity contribution in [3.05, 3.63) is 63.5 Å². The molecule has 0 unspecified atom stereocenters. The van der Waals surface area contributed by atoms with Gasteiger partial charge in [0.25, 0.3) is 11.5 Å². The summed E-state index contributed by atoms with van der Waals surface area (Å²) in [6.45, 7) is 8.52. The Balaban J connectivity index is 1.82. The number of carbonyl (C=O) groups is 1. The molecule has 0 spiro atoms. The van der Waals surface area contributed by atoms with Crippen LogP contribution in [0.2, 0.25) is 0 Å². The van der Waals surface area contributed by atoms with E-state index in [-0.39, 0.29) is 17.5 Å². The van der Waals surface area contributed by atoms with Crippen LogP contribution in [0.1, 0.15) is 42.0 Å². The van der Waals surface area contributed by atoms with Crippen molar-refractivity contribution in [2.24, 2.45) is 0 Å². The summed E-state index contributed by atoms with van der Waals surface area (Å²) in [5, 5.41) is 8.07. The van der Waals surface area contributed by atoms with Crippen LogP contribution in [0.5, 0.6) is 0 Å². The smallest absolute Gasteiger partial charge is 0.256 e. The molecule has 1 N–H and O–H groups in total. The standard InChI is InChI=1S/C22H23N5O2S/c1-5-26-12-15(7-9-20(26)28)24-22(29)16-10-18(19-8-6-14(4)30-19)25-21-17(16)11-23-27(21)13(2)3/h6-13H,5H2,1-4H3,(H,24,29). The summed E-state index contributed by atoms with van der Waals surface area (Å²) in [5.74, 6) is -0.262. The highest BCUT2D eigenvalue weighted by Crippen LogP contribution is 2.31. The minimum absolute atomic E-state index is 0.102. The lowest BCUT2D eigenvalue weighted by molar-refractivity contribution is 0.102. The predicted molar refractivity (Wildman–Crippen MR) is 120 cm³/mol. The van der Waals surface area contributed by atoms with Crippen molar-refractivity contribution in [3.8, 4) is 10.6 Å². The maximum Gasteiger partial charge on any atom is 0.256 e. The van der Waals surface area contributed by atoms with Gasteiger partial charge in [0.15, 0.2) is 5.65 Å². The first-order chi connectivity index (χ1) is 14.4. The maximum absolute atomic E-state index is 13.2. The van der Waals surface area contributed by atoms with E-state index in [0.29, 0.717) is 28.8 Å². The van der Waals surface area contributed by atoms with Gasteiger partial charge in [-0.25, -0.2) is 9.67 Å². The molecule has 0 aliphatic heterocycles. The number of thiophene rings is 1. The van der Waals surface area contributed by atoms with Gasteiger partial charge < -0.3 is 9.88 Å². The Kier molecular flexibility index (Phi) is 5.26. The molecule has 0 atom stereocenters. The van der Waals surface area contributed by atoms with E-state index in [1.165, 1.54) is 10.9 Å². The minimum atomic E-state index is -0.262. The van der Waals surface area contributed by atoms with Gasteiger partial charge in [-0.15, -0.1) is 11.3 Å². The summed E-state index contributed by atoms with van der Waals surface area (Å²) in [7, 11) is 0. The first-order valence-corrected chi connectivity index (χ1v) is 10.7. The zero-order valence-corrected chi connectivity index (χ0v) is 18.2. The van der Waals surface area contributed by atoms with Crippen LogP contribution in [0.3, 0.4) is 0 Å². The number of hydrogen-bond donors (Lipinski definition) is 1. The molecule has 0 saturated heterocycles. The fourth-order valence-corrected chi connectivity index (χ4v) is 4.16. The molecule has 0 aliphatic carbocycles. The lowest BCUT2D eigenvalue weighted by Crippen LogP contribution is -2.20. The molecule has 0 aromatic carbocycles. The highest BCUT2D eigenvalue weighted by atomic mass is 32.1. The average Bonchev–Trinajstić information content (AvgIpc) is 3.34. The van der Waals surface area contributed by atoms with Crippen molar-refractivity contribution in [3.63, 3.8) is 0 Å². The van der Waals surface area contributed by atoms with E-state index in [9.17, 15) is 9.59 Å². The molecule has 4 aromatic heterocycles. The summed E-state index contributed by atoms with van der Waals surface area (Å²) in [6, 6.07) is 9.05. The van der Waals surface area contributed by atoms with Gasteiger partial charge in [0, 0.05) is 29.7 Å². The van der Waals surface area contributed by atoms with Gasteiger partial charge >= 0.3 is 0 Å². The molecule has 4 rings (SSSR count). The number of hydrogen-bond acceptors (Lipinski definition) is 5. The third kappa shape index (κ3) is 3.66. The van der Waals surface area contributed by atoms with Crippen LogP contribution in [0.25, 0.3) is 21.6 Å². The number of nitrogens with zero attached hydrogens (tertiary/aromatic N) is 4. The van der Waals surface area contributed by atoms with Gasteiger partial charge in [-0.2, -0.15) is 5.10 Å². The van der Waals surface area contributed by atoms with Gasteiger partial charge in [-0.3, -0.25) is 9.59 Å². The topological polar surface area (TPSA) is 81.8 Å². The lowest BCUT2D eigenvalue weighted by Gasteiger charge is -2.11. The van der Waals surface area contributed by atoms with E-state index in [4.69, 9.17) is 4.98 Å². The minimum Gasteiger partial charge on any atom is -0.321 e. The number of aryl methyl sites for hydroxylation is 2. The Bertz CT molecular complexity index is 1300. The molecule has 0 fully saturated rings. The Hall–Kier alpha value is -3.26. The van der Waals surface area contributed by atoms with Crippen molar-refractivity contribution in [1.29, 1.82) is 0 Å². The fourth-order valence-electron chi connectivity index (χ4n) is 3.33. The van der Waals surface area contributed by atoms with Crippen LogP contribution < -0.4 is 10.9 Å². The number of anilines is 1. The quantitative estimate of drug-likeness (QED) is 0.515. The van der Waals surface area contributed by atoms with E-state index in [0.717, 1.165) is 10.6 Å².